The molecule has 16 heteroatoms. The van der Waals surface area contributed by atoms with Crippen LogP contribution < -0.4 is 26.6 Å². The smallest absolute Gasteiger partial charge is 0.322 e. The van der Waals surface area contributed by atoms with E-state index in [-0.39, 0.29) is 32.2 Å². The number of nitrogens with one attached hydrogen (secondary N) is 6. The maximum atomic E-state index is 14.2. The van der Waals surface area contributed by atoms with Crippen molar-refractivity contribution in [3.05, 3.63) is 120 Å². The summed E-state index contributed by atoms with van der Waals surface area (Å²) in [4.78, 5) is 106. The first-order chi connectivity index (χ1) is 28.5. The zero-order chi connectivity index (χ0) is 42.1. The molecule has 3 atom stereocenters. The zero-order valence-corrected chi connectivity index (χ0v) is 32.3. The van der Waals surface area contributed by atoms with E-state index >= 15 is 0 Å². The molecule has 0 spiro atoms. The number of carboxylic acid groups (broad SMARTS) is 1. The number of amides is 7. The molecule has 0 fully saturated rings. The maximum Gasteiger partial charge on any atom is 0.322 e. The number of imide groups is 3. The van der Waals surface area contributed by atoms with Crippen LogP contribution in [0.1, 0.15) is 42.4 Å². The number of aliphatic carboxylic acids is 1. The number of hydrogen-bond donors (Lipinski definition) is 7. The summed E-state index contributed by atoms with van der Waals surface area (Å²) < 4.78 is 0. The number of H-pyrrole nitrogens is 1. The molecule has 7 amide bonds. The number of hydrogen-bond acceptors (Lipinski definition) is 9. The van der Waals surface area contributed by atoms with E-state index < -0.39 is 72.0 Å². The standard InChI is InChI=1S/C43H47N7O9/c51-36(26-44-21-11-3-8-18-37(52)50-38(53)19-20-39(50)54)47-34(23-29-14-6-2-7-15-29)42(58)49-35(24-30-25-45-32-17-10-9-16-31(30)32)43(59)48-33(41(57)46-27-40(55)56)22-28-12-4-1-5-13-28/h1-2,4-7,9-10,12-17,19-20,25,33-35,44-45H,3,8,11,18,21-24,26-27H2,(H,46,57)(H,47,51)(H,48,59)(H,49,58)(H,55,56)/t33-,34-,35-/m0/s1. The second kappa shape index (κ2) is 21.5. The van der Waals surface area contributed by atoms with E-state index in [2.05, 4.69) is 31.6 Å². The third kappa shape index (κ3) is 13.0. The summed E-state index contributed by atoms with van der Waals surface area (Å²) in [6, 6.07) is 21.8. The van der Waals surface area contributed by atoms with Gasteiger partial charge in [-0.2, -0.15) is 0 Å². The largest absolute Gasteiger partial charge is 0.480 e. The third-order valence-electron chi connectivity index (χ3n) is 9.58. The summed E-state index contributed by atoms with van der Waals surface area (Å²) in [7, 11) is 0. The highest BCUT2D eigenvalue weighted by molar-refractivity contribution is 6.22. The van der Waals surface area contributed by atoms with Crippen LogP contribution in [0, 0.1) is 0 Å². The van der Waals surface area contributed by atoms with E-state index in [0.29, 0.717) is 41.8 Å². The van der Waals surface area contributed by atoms with Gasteiger partial charge in [0.15, 0.2) is 0 Å². The fraction of sp³-hybridized carbons (Fsp3) is 0.302. The molecular formula is C43H47N7O9. The highest BCUT2D eigenvalue weighted by Gasteiger charge is 2.32. The van der Waals surface area contributed by atoms with Gasteiger partial charge < -0.3 is 36.7 Å². The number of para-hydroxylation sites is 1. The summed E-state index contributed by atoms with van der Waals surface area (Å²) in [5, 5.41) is 23.7. The Bertz CT molecular complexity index is 2150. The lowest BCUT2D eigenvalue weighted by atomic mass is 10.0. The molecule has 7 N–H and O–H groups in total. The minimum atomic E-state index is -1.26. The third-order valence-corrected chi connectivity index (χ3v) is 9.58. The SMILES string of the molecule is O=C(O)CNC(=O)[C@H](Cc1ccccc1)NC(=O)[C@H](Cc1c[nH]c2ccccc12)NC(=O)[C@H](Cc1ccccc1)NC(=O)CNCCCCCC(=O)N1C(=O)C=CC1=O. The number of rotatable bonds is 22. The van der Waals surface area contributed by atoms with Gasteiger partial charge in [0.2, 0.25) is 29.5 Å². The average Bonchev–Trinajstić information content (AvgIpc) is 3.80. The van der Waals surface area contributed by atoms with Crippen molar-refractivity contribution in [3.63, 3.8) is 0 Å². The number of carboxylic acids is 1. The van der Waals surface area contributed by atoms with Crippen LogP contribution in [0.15, 0.2) is 103 Å². The Labute approximate surface area is 340 Å². The van der Waals surface area contributed by atoms with Crippen LogP contribution in [0.5, 0.6) is 0 Å². The minimum absolute atomic E-state index is 0.0110. The predicted octanol–water partition coefficient (Wildman–Crippen LogP) is 1.45. The van der Waals surface area contributed by atoms with Crippen molar-refractivity contribution in [2.45, 2.75) is 63.1 Å². The summed E-state index contributed by atoms with van der Waals surface area (Å²) >= 11 is 0. The van der Waals surface area contributed by atoms with Gasteiger partial charge in [0, 0.05) is 54.9 Å². The molecule has 1 aliphatic heterocycles. The number of aromatic nitrogens is 1. The quantitative estimate of drug-likeness (QED) is 0.0446. The van der Waals surface area contributed by atoms with Crippen LogP contribution in [0.25, 0.3) is 10.9 Å². The van der Waals surface area contributed by atoms with E-state index in [0.717, 1.165) is 28.6 Å². The molecule has 0 saturated heterocycles. The lowest BCUT2D eigenvalue weighted by Crippen LogP contribution is -2.58. The minimum Gasteiger partial charge on any atom is -0.480 e. The fourth-order valence-corrected chi connectivity index (χ4v) is 6.59. The van der Waals surface area contributed by atoms with Crippen molar-refractivity contribution in [3.8, 4) is 0 Å². The van der Waals surface area contributed by atoms with Crippen molar-refractivity contribution in [1.82, 2.24) is 36.5 Å². The van der Waals surface area contributed by atoms with E-state index in [1.165, 1.54) is 0 Å². The Kier molecular flexibility index (Phi) is 15.8. The molecule has 0 radical (unpaired) electrons. The lowest BCUT2D eigenvalue weighted by Gasteiger charge is -2.25. The van der Waals surface area contributed by atoms with Crippen LogP contribution in [0.3, 0.4) is 0 Å². The predicted molar refractivity (Wildman–Crippen MR) is 216 cm³/mol. The molecule has 1 aliphatic rings. The molecule has 0 bridgehead atoms. The summed E-state index contributed by atoms with van der Waals surface area (Å²) in [5.74, 6) is -5.65. The highest BCUT2D eigenvalue weighted by atomic mass is 16.4. The van der Waals surface area contributed by atoms with Crippen LogP contribution in [-0.2, 0) is 57.6 Å². The second-order valence-electron chi connectivity index (χ2n) is 14.0. The van der Waals surface area contributed by atoms with Gasteiger partial charge in [-0.3, -0.25) is 38.4 Å². The molecule has 2 heterocycles. The van der Waals surface area contributed by atoms with E-state index in [4.69, 9.17) is 0 Å². The lowest BCUT2D eigenvalue weighted by molar-refractivity contribution is -0.148. The van der Waals surface area contributed by atoms with Crippen molar-refractivity contribution < 1.29 is 43.5 Å². The van der Waals surface area contributed by atoms with Crippen molar-refractivity contribution in [1.29, 1.82) is 0 Å². The van der Waals surface area contributed by atoms with Gasteiger partial charge >= 0.3 is 5.97 Å². The molecule has 0 unspecified atom stereocenters. The van der Waals surface area contributed by atoms with Crippen LogP contribution in [-0.4, -0.2) is 100 Å². The van der Waals surface area contributed by atoms with Crippen molar-refractivity contribution >= 4 is 58.2 Å². The molecular weight excluding hydrogens is 759 g/mol. The molecule has 16 nitrogen and oxygen atoms in total. The summed E-state index contributed by atoms with van der Waals surface area (Å²) in [6.07, 6.45) is 5.66. The molecule has 3 aromatic carbocycles. The van der Waals surface area contributed by atoms with Gasteiger partial charge in [-0.15, -0.1) is 0 Å². The Morgan fingerprint density at radius 2 is 1.19 bits per heavy atom. The van der Waals surface area contributed by atoms with E-state index in [1.54, 1.807) is 48.7 Å². The van der Waals surface area contributed by atoms with Gasteiger partial charge in [0.05, 0.1) is 6.54 Å². The number of fused-ring (bicyclic) bond motifs is 1. The van der Waals surface area contributed by atoms with Crippen molar-refractivity contribution in [2.24, 2.45) is 0 Å². The first kappa shape index (κ1) is 43.2. The van der Waals surface area contributed by atoms with Crippen molar-refractivity contribution in [2.75, 3.05) is 19.6 Å². The Balaban J connectivity index is 1.25. The molecule has 308 valence electrons. The maximum absolute atomic E-state index is 14.2. The topological polar surface area (TPSA) is 236 Å². The normalized spacial score (nSPS) is 13.7. The molecule has 4 aromatic rings. The fourth-order valence-electron chi connectivity index (χ4n) is 6.59. The number of benzene rings is 3. The number of nitrogens with zero attached hydrogens (tertiary/aromatic N) is 1. The van der Waals surface area contributed by atoms with E-state index in [9.17, 15) is 43.5 Å². The molecule has 0 saturated carbocycles. The Morgan fingerprint density at radius 1 is 0.627 bits per heavy atom. The number of carbonyl (C=O) groups excluding carboxylic acids is 7. The highest BCUT2D eigenvalue weighted by Crippen LogP contribution is 2.20. The molecule has 0 aliphatic carbocycles. The monoisotopic (exact) mass is 805 g/mol. The average molecular weight is 806 g/mol. The first-order valence-corrected chi connectivity index (χ1v) is 19.3. The zero-order valence-electron chi connectivity index (χ0n) is 32.3. The summed E-state index contributed by atoms with van der Waals surface area (Å²) in [6.45, 7) is -0.376. The van der Waals surface area contributed by atoms with Gasteiger partial charge in [-0.1, -0.05) is 85.3 Å². The van der Waals surface area contributed by atoms with Crippen LogP contribution in [0.4, 0.5) is 0 Å². The van der Waals surface area contributed by atoms with E-state index in [1.807, 2.05) is 42.5 Å². The van der Waals surface area contributed by atoms with Gasteiger partial charge in [0.1, 0.15) is 24.7 Å². The van der Waals surface area contributed by atoms with Gasteiger partial charge in [0.25, 0.3) is 11.8 Å². The number of aromatic amines is 1. The van der Waals surface area contributed by atoms with Gasteiger partial charge in [-0.25, -0.2) is 4.90 Å². The van der Waals surface area contributed by atoms with Gasteiger partial charge in [-0.05, 0) is 42.1 Å². The number of unbranched alkanes of at least 4 members (excludes halogenated alkanes) is 2. The van der Waals surface area contributed by atoms with Crippen LogP contribution in [0.2, 0.25) is 0 Å². The molecule has 5 rings (SSSR count). The van der Waals surface area contributed by atoms with Crippen LogP contribution >= 0.6 is 0 Å². The molecule has 1 aromatic heterocycles. The second-order valence-corrected chi connectivity index (χ2v) is 14.0. The summed E-state index contributed by atoms with van der Waals surface area (Å²) in [5.41, 5.74) is 2.98. The molecule has 59 heavy (non-hydrogen) atoms. The first-order valence-electron chi connectivity index (χ1n) is 19.3. The Hall–Kier alpha value is -6.94. The Morgan fingerprint density at radius 3 is 1.80 bits per heavy atom. The number of carbonyl (C=O) groups is 8.